The molecule has 5 nitrogen and oxygen atoms in total. The lowest BCUT2D eigenvalue weighted by Gasteiger charge is -2.34. The number of carboxylic acids is 1. The zero-order valence-electron chi connectivity index (χ0n) is 12.5. The first-order valence-electron chi connectivity index (χ1n) is 8.37. The van der Waals surface area contributed by atoms with Crippen molar-refractivity contribution >= 4 is 12.0 Å². The van der Waals surface area contributed by atoms with Crippen LogP contribution < -0.4 is 0 Å². The second kappa shape index (κ2) is 4.62. The van der Waals surface area contributed by atoms with Crippen molar-refractivity contribution in [1.82, 2.24) is 9.80 Å². The average molecular weight is 292 g/mol. The van der Waals surface area contributed by atoms with Gasteiger partial charge in [0.15, 0.2) is 0 Å². The number of amides is 2. The molecule has 1 N–H and O–H groups in total. The topological polar surface area (TPSA) is 60.9 Å². The van der Waals surface area contributed by atoms with Gasteiger partial charge in [0, 0.05) is 26.2 Å². The molecule has 2 aliphatic carbocycles. The Balaban J connectivity index is 1.49. The van der Waals surface area contributed by atoms with E-state index >= 15 is 0 Å². The quantitative estimate of drug-likeness (QED) is 0.804. The molecule has 0 aromatic heterocycles. The van der Waals surface area contributed by atoms with Crippen LogP contribution in [0.25, 0.3) is 0 Å². The lowest BCUT2D eigenvalue weighted by molar-refractivity contribution is -0.152. The Hall–Kier alpha value is -1.26. The molecule has 2 amide bonds. The summed E-state index contributed by atoms with van der Waals surface area (Å²) >= 11 is 0. The van der Waals surface area contributed by atoms with Crippen LogP contribution in [0.1, 0.15) is 38.5 Å². The fourth-order valence-corrected chi connectivity index (χ4v) is 5.07. The van der Waals surface area contributed by atoms with Crippen molar-refractivity contribution in [3.05, 3.63) is 0 Å². The SMILES string of the molecule is O=C(N1C[C@H]2CC[C@H]2C1)N1C[C@H]2CCCC[C@@]2(C(=O)O)C1. The number of hydrogen-bond acceptors (Lipinski definition) is 2. The van der Waals surface area contributed by atoms with E-state index in [4.69, 9.17) is 0 Å². The van der Waals surface area contributed by atoms with Gasteiger partial charge in [0.25, 0.3) is 0 Å². The Morgan fingerprint density at radius 1 is 0.952 bits per heavy atom. The molecule has 4 atom stereocenters. The summed E-state index contributed by atoms with van der Waals surface area (Å²) in [6.07, 6.45) is 6.31. The molecule has 0 aromatic rings. The Labute approximate surface area is 125 Å². The maximum atomic E-state index is 12.7. The number of carboxylic acid groups (broad SMARTS) is 1. The van der Waals surface area contributed by atoms with Gasteiger partial charge in [-0.1, -0.05) is 12.8 Å². The summed E-state index contributed by atoms with van der Waals surface area (Å²) in [6, 6.07) is 0.0967. The number of carbonyl (C=O) groups is 2. The largest absolute Gasteiger partial charge is 0.481 e. The van der Waals surface area contributed by atoms with Crippen LogP contribution in [-0.4, -0.2) is 53.1 Å². The molecular weight excluding hydrogens is 268 g/mol. The molecule has 5 heteroatoms. The van der Waals surface area contributed by atoms with Crippen LogP contribution in [0.15, 0.2) is 0 Å². The summed E-state index contributed by atoms with van der Waals surface area (Å²) in [5.41, 5.74) is -0.660. The predicted octanol–water partition coefficient (Wildman–Crippen LogP) is 2.03. The van der Waals surface area contributed by atoms with Crippen LogP contribution in [0.3, 0.4) is 0 Å². The third kappa shape index (κ3) is 1.89. The fraction of sp³-hybridized carbons (Fsp3) is 0.875. The Bertz CT molecular complexity index is 468. The summed E-state index contributed by atoms with van der Waals surface area (Å²) in [7, 11) is 0. The molecule has 4 aliphatic rings. The van der Waals surface area contributed by atoms with E-state index in [2.05, 4.69) is 0 Å². The third-order valence-corrected chi connectivity index (χ3v) is 6.57. The molecule has 116 valence electrons. The van der Waals surface area contributed by atoms with Gasteiger partial charge < -0.3 is 14.9 Å². The molecule has 0 aromatic carbocycles. The van der Waals surface area contributed by atoms with E-state index in [1.165, 1.54) is 12.8 Å². The molecule has 21 heavy (non-hydrogen) atoms. The van der Waals surface area contributed by atoms with E-state index in [0.29, 0.717) is 24.9 Å². The van der Waals surface area contributed by atoms with Crippen LogP contribution in [-0.2, 0) is 4.79 Å². The van der Waals surface area contributed by atoms with Crippen molar-refractivity contribution in [2.75, 3.05) is 26.2 Å². The Morgan fingerprint density at radius 3 is 2.24 bits per heavy atom. The number of rotatable bonds is 1. The lowest BCUT2D eigenvalue weighted by atomic mass is 9.68. The smallest absolute Gasteiger partial charge is 0.320 e. The zero-order chi connectivity index (χ0) is 14.6. The van der Waals surface area contributed by atoms with Gasteiger partial charge in [-0.05, 0) is 43.4 Å². The minimum atomic E-state index is -0.691. The molecule has 0 radical (unpaired) electrons. The summed E-state index contributed by atoms with van der Waals surface area (Å²) in [6.45, 7) is 2.87. The summed E-state index contributed by atoms with van der Waals surface area (Å²) in [5.74, 6) is 0.899. The zero-order valence-corrected chi connectivity index (χ0v) is 12.5. The van der Waals surface area contributed by atoms with Gasteiger partial charge in [-0.15, -0.1) is 0 Å². The normalized spacial score (nSPS) is 41.4. The standard InChI is InChI=1S/C16H24N2O3/c19-14(20)16-6-2-1-3-13(16)9-18(10-16)15(21)17-7-11-4-5-12(11)8-17/h11-13H,1-10H2,(H,19,20)/t11-,12+,13-,16-/m1/s1. The van der Waals surface area contributed by atoms with Gasteiger partial charge in [-0.2, -0.15) is 0 Å². The van der Waals surface area contributed by atoms with E-state index in [-0.39, 0.29) is 11.9 Å². The van der Waals surface area contributed by atoms with Crippen molar-refractivity contribution in [1.29, 1.82) is 0 Å². The summed E-state index contributed by atoms with van der Waals surface area (Å²) in [5, 5.41) is 9.71. The molecule has 2 aliphatic heterocycles. The van der Waals surface area contributed by atoms with Gasteiger partial charge in [-0.3, -0.25) is 4.79 Å². The minimum absolute atomic E-state index is 0.0967. The van der Waals surface area contributed by atoms with Gasteiger partial charge >= 0.3 is 12.0 Å². The number of nitrogens with zero attached hydrogens (tertiary/aromatic N) is 2. The maximum absolute atomic E-state index is 12.7. The van der Waals surface area contributed by atoms with Crippen LogP contribution in [0.4, 0.5) is 4.79 Å². The van der Waals surface area contributed by atoms with Gasteiger partial charge in [0.2, 0.25) is 0 Å². The van der Waals surface area contributed by atoms with Gasteiger partial charge in [-0.25, -0.2) is 4.79 Å². The van der Waals surface area contributed by atoms with Crippen molar-refractivity contribution in [2.45, 2.75) is 38.5 Å². The number of likely N-dealkylation sites (tertiary alicyclic amines) is 2. The molecule has 2 saturated heterocycles. The highest BCUT2D eigenvalue weighted by Gasteiger charge is 2.55. The van der Waals surface area contributed by atoms with Crippen molar-refractivity contribution in [3.63, 3.8) is 0 Å². The van der Waals surface area contributed by atoms with Crippen LogP contribution in [0, 0.1) is 23.2 Å². The Morgan fingerprint density at radius 2 is 1.67 bits per heavy atom. The first-order chi connectivity index (χ1) is 10.1. The van der Waals surface area contributed by atoms with Gasteiger partial charge in [0.1, 0.15) is 0 Å². The highest BCUT2D eigenvalue weighted by atomic mass is 16.4. The number of aliphatic carboxylic acids is 1. The van der Waals surface area contributed by atoms with E-state index in [1.807, 2.05) is 9.80 Å². The van der Waals surface area contributed by atoms with E-state index < -0.39 is 11.4 Å². The monoisotopic (exact) mass is 292 g/mol. The first kappa shape index (κ1) is 13.4. The molecular formula is C16H24N2O3. The van der Waals surface area contributed by atoms with Crippen LogP contribution >= 0.6 is 0 Å². The molecule has 2 saturated carbocycles. The molecule has 0 spiro atoms. The highest BCUT2D eigenvalue weighted by molar-refractivity contribution is 5.80. The molecule has 4 rings (SSSR count). The number of hydrogen-bond donors (Lipinski definition) is 1. The second-order valence-corrected chi connectivity index (χ2v) is 7.57. The number of fused-ring (bicyclic) bond motifs is 2. The highest BCUT2D eigenvalue weighted by Crippen LogP contribution is 2.48. The van der Waals surface area contributed by atoms with Crippen molar-refractivity contribution < 1.29 is 14.7 Å². The minimum Gasteiger partial charge on any atom is -0.481 e. The predicted molar refractivity (Wildman–Crippen MR) is 76.8 cm³/mol. The number of carbonyl (C=O) groups excluding carboxylic acids is 1. The van der Waals surface area contributed by atoms with Gasteiger partial charge in [0.05, 0.1) is 5.41 Å². The number of urea groups is 1. The van der Waals surface area contributed by atoms with Crippen LogP contribution in [0.2, 0.25) is 0 Å². The first-order valence-corrected chi connectivity index (χ1v) is 8.37. The summed E-state index contributed by atoms with van der Waals surface area (Å²) < 4.78 is 0. The van der Waals surface area contributed by atoms with Crippen molar-refractivity contribution in [3.8, 4) is 0 Å². The van der Waals surface area contributed by atoms with Crippen LogP contribution in [0.5, 0.6) is 0 Å². The average Bonchev–Trinajstić information content (AvgIpc) is 2.98. The fourth-order valence-electron chi connectivity index (χ4n) is 5.07. The molecule has 4 fully saturated rings. The van der Waals surface area contributed by atoms with E-state index in [9.17, 15) is 14.7 Å². The van der Waals surface area contributed by atoms with E-state index in [1.54, 1.807) is 0 Å². The lowest BCUT2D eigenvalue weighted by Crippen LogP contribution is -2.44. The third-order valence-electron chi connectivity index (χ3n) is 6.57. The van der Waals surface area contributed by atoms with E-state index in [0.717, 1.165) is 38.8 Å². The Kier molecular flexibility index (Phi) is 2.95. The summed E-state index contributed by atoms with van der Waals surface area (Å²) in [4.78, 5) is 28.4. The van der Waals surface area contributed by atoms with Crippen molar-refractivity contribution in [2.24, 2.45) is 23.2 Å². The molecule has 2 heterocycles. The molecule has 0 bridgehead atoms. The second-order valence-electron chi connectivity index (χ2n) is 7.57. The maximum Gasteiger partial charge on any atom is 0.320 e. The molecule has 0 unspecified atom stereocenters.